The monoisotopic (exact) mass is 262 g/mol. The molecule has 100 valence electrons. The van der Waals surface area contributed by atoms with Gasteiger partial charge in [-0.3, -0.25) is 15.0 Å². The van der Waals surface area contributed by atoms with E-state index in [0.717, 1.165) is 5.56 Å². The number of para-hydroxylation sites is 1. The van der Waals surface area contributed by atoms with E-state index < -0.39 is 6.23 Å². The summed E-state index contributed by atoms with van der Waals surface area (Å²) in [6.07, 6.45) is 0.965. The van der Waals surface area contributed by atoms with Crippen molar-refractivity contribution in [3.63, 3.8) is 0 Å². The van der Waals surface area contributed by atoms with Crippen LogP contribution >= 0.6 is 0 Å². The third-order valence-electron chi connectivity index (χ3n) is 3.30. The van der Waals surface area contributed by atoms with Crippen LogP contribution in [0, 0.1) is 10.1 Å². The van der Waals surface area contributed by atoms with Gasteiger partial charge in [0.05, 0.1) is 18.1 Å². The summed E-state index contributed by atoms with van der Waals surface area (Å²) in [5.74, 6) is 0.685. The molecule has 0 N–H and O–H groups in total. The summed E-state index contributed by atoms with van der Waals surface area (Å²) < 4.78 is 11.1. The molecule has 19 heavy (non-hydrogen) atoms. The third kappa shape index (κ3) is 2.32. The van der Waals surface area contributed by atoms with Gasteiger partial charge < -0.3 is 9.47 Å². The standard InChI is InChI=1S/C13H14N2O4/c16-15(17)11-9-10-3-1-2-4-12(10)19-13(11)14-5-7-18-8-6-14/h1-4,9,13H,5-8H2. The van der Waals surface area contributed by atoms with Crippen LogP contribution in [-0.4, -0.2) is 42.4 Å². The number of hydrogen-bond acceptors (Lipinski definition) is 5. The molecule has 6 heteroatoms. The Morgan fingerprint density at radius 3 is 2.74 bits per heavy atom. The van der Waals surface area contributed by atoms with Crippen molar-refractivity contribution >= 4 is 6.08 Å². The number of benzene rings is 1. The summed E-state index contributed by atoms with van der Waals surface area (Å²) in [5, 5.41) is 11.2. The summed E-state index contributed by atoms with van der Waals surface area (Å²) in [6.45, 7) is 2.43. The van der Waals surface area contributed by atoms with Crippen molar-refractivity contribution in [1.82, 2.24) is 4.90 Å². The lowest BCUT2D eigenvalue weighted by molar-refractivity contribution is -0.439. The Morgan fingerprint density at radius 1 is 1.26 bits per heavy atom. The SMILES string of the molecule is O=[N+]([O-])C1=Cc2ccccc2OC1N1CCOCC1. The molecule has 0 spiro atoms. The zero-order valence-electron chi connectivity index (χ0n) is 10.3. The molecule has 1 aromatic carbocycles. The second-order valence-corrected chi connectivity index (χ2v) is 4.48. The van der Waals surface area contributed by atoms with Gasteiger partial charge >= 0.3 is 5.70 Å². The highest BCUT2D eigenvalue weighted by atomic mass is 16.6. The second-order valence-electron chi connectivity index (χ2n) is 4.48. The van der Waals surface area contributed by atoms with Crippen molar-refractivity contribution in [3.8, 4) is 5.75 Å². The maximum absolute atomic E-state index is 11.2. The fourth-order valence-electron chi connectivity index (χ4n) is 2.33. The molecule has 0 radical (unpaired) electrons. The van der Waals surface area contributed by atoms with E-state index in [1.54, 1.807) is 6.08 Å². The Kier molecular flexibility index (Phi) is 3.18. The van der Waals surface area contributed by atoms with Gasteiger partial charge in [-0.2, -0.15) is 0 Å². The molecule has 1 unspecified atom stereocenters. The molecule has 2 heterocycles. The first-order valence-electron chi connectivity index (χ1n) is 6.19. The number of rotatable bonds is 2. The van der Waals surface area contributed by atoms with Crippen LogP contribution in [0.1, 0.15) is 5.56 Å². The van der Waals surface area contributed by atoms with Crippen LogP contribution in [-0.2, 0) is 4.74 Å². The third-order valence-corrected chi connectivity index (χ3v) is 3.30. The Labute approximate surface area is 110 Å². The summed E-state index contributed by atoms with van der Waals surface area (Å²) >= 11 is 0. The van der Waals surface area contributed by atoms with Gasteiger partial charge in [-0.25, -0.2) is 0 Å². The molecule has 0 bridgehead atoms. The van der Waals surface area contributed by atoms with E-state index in [-0.39, 0.29) is 10.6 Å². The quantitative estimate of drug-likeness (QED) is 0.594. The number of nitro groups is 1. The lowest BCUT2D eigenvalue weighted by Crippen LogP contribution is -2.49. The molecule has 0 aliphatic carbocycles. The van der Waals surface area contributed by atoms with Gasteiger partial charge in [0.2, 0.25) is 6.23 Å². The van der Waals surface area contributed by atoms with Crippen molar-refractivity contribution in [2.75, 3.05) is 26.3 Å². The fourth-order valence-corrected chi connectivity index (χ4v) is 2.33. The van der Waals surface area contributed by atoms with Crippen molar-refractivity contribution in [2.24, 2.45) is 0 Å². The Hall–Kier alpha value is -1.92. The molecule has 0 saturated carbocycles. The Bertz CT molecular complexity index is 523. The van der Waals surface area contributed by atoms with Gasteiger partial charge in [-0.1, -0.05) is 18.2 Å². The molecular weight excluding hydrogens is 248 g/mol. The highest BCUT2D eigenvalue weighted by molar-refractivity contribution is 5.61. The van der Waals surface area contributed by atoms with Crippen molar-refractivity contribution in [2.45, 2.75) is 6.23 Å². The molecule has 6 nitrogen and oxygen atoms in total. The highest BCUT2D eigenvalue weighted by Crippen LogP contribution is 2.31. The van der Waals surface area contributed by atoms with Crippen molar-refractivity contribution in [1.29, 1.82) is 0 Å². The van der Waals surface area contributed by atoms with Gasteiger partial charge in [0.25, 0.3) is 0 Å². The maximum Gasteiger partial charge on any atom is 0.302 e. The van der Waals surface area contributed by atoms with Gasteiger partial charge in [0.15, 0.2) is 0 Å². The smallest absolute Gasteiger partial charge is 0.302 e. The van der Waals surface area contributed by atoms with Crippen LogP contribution in [0.5, 0.6) is 5.75 Å². The first-order chi connectivity index (χ1) is 9.25. The van der Waals surface area contributed by atoms with Gasteiger partial charge in [0, 0.05) is 24.7 Å². The molecule has 1 fully saturated rings. The van der Waals surface area contributed by atoms with Crippen LogP contribution in [0.15, 0.2) is 30.0 Å². The van der Waals surface area contributed by atoms with Crippen LogP contribution in [0.4, 0.5) is 0 Å². The number of ether oxygens (including phenoxy) is 2. The molecule has 2 aliphatic rings. The maximum atomic E-state index is 11.2. The minimum Gasteiger partial charge on any atom is -0.464 e. The Morgan fingerprint density at radius 2 is 2.00 bits per heavy atom. The summed E-state index contributed by atoms with van der Waals surface area (Å²) in [5.41, 5.74) is 0.833. The van der Waals surface area contributed by atoms with E-state index in [0.29, 0.717) is 32.1 Å². The van der Waals surface area contributed by atoms with E-state index in [4.69, 9.17) is 9.47 Å². The highest BCUT2D eigenvalue weighted by Gasteiger charge is 2.36. The summed E-state index contributed by atoms with van der Waals surface area (Å²) in [4.78, 5) is 12.8. The molecule has 1 saturated heterocycles. The largest absolute Gasteiger partial charge is 0.464 e. The van der Waals surface area contributed by atoms with Crippen LogP contribution in [0.2, 0.25) is 0 Å². The molecule has 0 aromatic heterocycles. The number of morpholine rings is 1. The summed E-state index contributed by atoms with van der Waals surface area (Å²) in [6, 6.07) is 7.34. The van der Waals surface area contributed by atoms with E-state index >= 15 is 0 Å². The predicted octanol–water partition coefficient (Wildman–Crippen LogP) is 1.35. The molecular formula is C13H14N2O4. The molecule has 1 aromatic rings. The number of nitrogens with zero attached hydrogens (tertiary/aromatic N) is 2. The minimum atomic E-state index is -0.631. The molecule has 1 atom stereocenters. The zero-order chi connectivity index (χ0) is 13.2. The lowest BCUT2D eigenvalue weighted by Gasteiger charge is -2.34. The second kappa shape index (κ2) is 4.99. The molecule has 2 aliphatic heterocycles. The first kappa shape index (κ1) is 12.1. The van der Waals surface area contributed by atoms with E-state index in [1.807, 2.05) is 29.2 Å². The lowest BCUT2D eigenvalue weighted by atomic mass is 10.1. The first-order valence-corrected chi connectivity index (χ1v) is 6.19. The van der Waals surface area contributed by atoms with E-state index in [9.17, 15) is 10.1 Å². The van der Waals surface area contributed by atoms with Gasteiger partial charge in [0.1, 0.15) is 5.75 Å². The van der Waals surface area contributed by atoms with Crippen LogP contribution < -0.4 is 4.74 Å². The van der Waals surface area contributed by atoms with Crippen LogP contribution in [0.25, 0.3) is 6.08 Å². The van der Waals surface area contributed by atoms with E-state index in [2.05, 4.69) is 0 Å². The normalized spacial score (nSPS) is 23.2. The van der Waals surface area contributed by atoms with Gasteiger partial charge in [-0.05, 0) is 6.07 Å². The van der Waals surface area contributed by atoms with Crippen LogP contribution in [0.3, 0.4) is 0 Å². The average molecular weight is 262 g/mol. The fraction of sp³-hybridized carbons (Fsp3) is 0.385. The number of fused-ring (bicyclic) bond motifs is 1. The van der Waals surface area contributed by atoms with Gasteiger partial charge in [-0.15, -0.1) is 0 Å². The van der Waals surface area contributed by atoms with Crippen molar-refractivity contribution in [3.05, 3.63) is 45.6 Å². The molecule has 0 amide bonds. The topological polar surface area (TPSA) is 64.8 Å². The van der Waals surface area contributed by atoms with E-state index in [1.165, 1.54) is 0 Å². The minimum absolute atomic E-state index is 0.0839. The van der Waals surface area contributed by atoms with Crippen molar-refractivity contribution < 1.29 is 14.4 Å². The zero-order valence-corrected chi connectivity index (χ0v) is 10.3. The number of hydrogen-bond donors (Lipinski definition) is 0. The molecule has 3 rings (SSSR count). The summed E-state index contributed by atoms with van der Waals surface area (Å²) in [7, 11) is 0. The Balaban J connectivity index is 1.94. The average Bonchev–Trinajstić information content (AvgIpc) is 2.46. The predicted molar refractivity (Wildman–Crippen MR) is 68.2 cm³/mol.